The molecule has 0 radical (unpaired) electrons. The average Bonchev–Trinajstić information content (AvgIpc) is 3.72. The van der Waals surface area contributed by atoms with Crippen molar-refractivity contribution in [2.45, 2.75) is 75.4 Å². The number of fused-ring (bicyclic) bond motifs is 2. The van der Waals surface area contributed by atoms with E-state index in [1.165, 1.54) is 16.4 Å². The molecule has 3 aliphatic rings. The molecule has 0 spiro atoms. The highest BCUT2D eigenvalue weighted by Gasteiger charge is 2.44. The van der Waals surface area contributed by atoms with Crippen LogP contribution in [0.25, 0.3) is 0 Å². The zero-order chi connectivity index (χ0) is 32.8. The van der Waals surface area contributed by atoms with Crippen molar-refractivity contribution in [3.63, 3.8) is 0 Å². The molecule has 2 amide bonds. The topological polar surface area (TPSA) is 156 Å². The molecule has 6 unspecified atom stereocenters. The highest BCUT2D eigenvalue weighted by atomic mass is 32.2. The van der Waals surface area contributed by atoms with E-state index in [-0.39, 0.29) is 55.0 Å². The molecular weight excluding hydrogens is 612 g/mol. The lowest BCUT2D eigenvalue weighted by atomic mass is 10.0. The number of amides is 2. The van der Waals surface area contributed by atoms with Gasteiger partial charge in [0, 0.05) is 31.5 Å². The van der Waals surface area contributed by atoms with Crippen molar-refractivity contribution in [2.75, 3.05) is 38.2 Å². The van der Waals surface area contributed by atoms with Crippen LogP contribution in [0.4, 0.5) is 10.5 Å². The zero-order valence-electron chi connectivity index (χ0n) is 26.5. The third-order valence-electron chi connectivity index (χ3n) is 8.41. The number of nitrogens with zero attached hydrogens (tertiary/aromatic N) is 2. The van der Waals surface area contributed by atoms with Gasteiger partial charge in [0.05, 0.1) is 36.2 Å². The fourth-order valence-electron chi connectivity index (χ4n) is 6.07. The number of anilines is 1. The van der Waals surface area contributed by atoms with E-state index in [2.05, 4.69) is 15.6 Å². The Morgan fingerprint density at radius 1 is 1.20 bits per heavy atom. The Morgan fingerprint density at radius 2 is 1.98 bits per heavy atom. The first-order valence-corrected chi connectivity index (χ1v) is 17.4. The molecule has 3 aliphatic heterocycles. The smallest absolute Gasteiger partial charge is 0.407 e. The maximum absolute atomic E-state index is 14.1. The molecule has 0 saturated carbocycles. The molecular formula is C33H44N4O8S. The fourth-order valence-corrected chi connectivity index (χ4v) is 7.72. The SMILES string of the molecule is CCCN=CC1C(=O)Nc2ccc(S(=O)(=O)N(CC(C)C)CC(O)C(Cc3ccccc3)NC(=O)OC3COC4OCCC34)cc21. The second-order valence-electron chi connectivity index (χ2n) is 12.5. The Hall–Kier alpha value is -3.36. The van der Waals surface area contributed by atoms with Crippen molar-refractivity contribution >= 4 is 33.9 Å². The summed E-state index contributed by atoms with van der Waals surface area (Å²) in [6.07, 6.45) is 0.492. The van der Waals surface area contributed by atoms with E-state index < -0.39 is 40.3 Å². The van der Waals surface area contributed by atoms with Crippen molar-refractivity contribution < 1.29 is 37.3 Å². The van der Waals surface area contributed by atoms with E-state index in [0.29, 0.717) is 24.4 Å². The predicted molar refractivity (Wildman–Crippen MR) is 172 cm³/mol. The number of rotatable bonds is 14. The van der Waals surface area contributed by atoms with Gasteiger partial charge in [-0.3, -0.25) is 9.79 Å². The number of sulfonamides is 1. The largest absolute Gasteiger partial charge is 0.443 e. The van der Waals surface area contributed by atoms with Crippen LogP contribution in [-0.2, 0) is 35.4 Å². The van der Waals surface area contributed by atoms with Gasteiger partial charge in [0.15, 0.2) is 6.29 Å². The highest BCUT2D eigenvalue weighted by molar-refractivity contribution is 7.89. The third kappa shape index (κ3) is 7.95. The van der Waals surface area contributed by atoms with E-state index in [1.54, 1.807) is 12.3 Å². The second kappa shape index (κ2) is 15.0. The number of benzene rings is 2. The van der Waals surface area contributed by atoms with Crippen LogP contribution >= 0.6 is 0 Å². The molecule has 250 valence electrons. The van der Waals surface area contributed by atoms with E-state index in [1.807, 2.05) is 51.1 Å². The molecule has 6 atom stereocenters. The third-order valence-corrected chi connectivity index (χ3v) is 10.2. The van der Waals surface area contributed by atoms with E-state index >= 15 is 0 Å². The van der Waals surface area contributed by atoms with E-state index in [9.17, 15) is 23.1 Å². The molecule has 12 nitrogen and oxygen atoms in total. The monoisotopic (exact) mass is 656 g/mol. The standard InChI is InChI=1S/C33H44N4O8S/c1-4-13-34-17-26-25-16-23(10-11-27(25)35-31(26)39)46(41,42)37(18-21(2)3)19-29(38)28(15-22-8-6-5-7-9-22)36-33(40)45-30-20-44-32-24(30)12-14-43-32/h5-11,16-17,21,24,26,28-30,32,38H,4,12-15,18-20H2,1-3H3,(H,35,39)(H,36,40). The van der Waals surface area contributed by atoms with Gasteiger partial charge in [-0.2, -0.15) is 4.31 Å². The average molecular weight is 657 g/mol. The van der Waals surface area contributed by atoms with Crippen LogP contribution in [-0.4, -0.2) is 93.4 Å². The number of aliphatic hydroxyl groups is 1. The molecule has 2 fully saturated rings. The van der Waals surface area contributed by atoms with E-state index in [4.69, 9.17) is 14.2 Å². The summed E-state index contributed by atoms with van der Waals surface area (Å²) in [6.45, 7) is 6.93. The summed E-state index contributed by atoms with van der Waals surface area (Å²) in [4.78, 5) is 30.1. The molecule has 0 aliphatic carbocycles. The van der Waals surface area contributed by atoms with Gasteiger partial charge >= 0.3 is 6.09 Å². The summed E-state index contributed by atoms with van der Waals surface area (Å²) in [5.74, 6) is -1.07. The minimum absolute atomic E-state index is 0.00559. The molecule has 2 aromatic carbocycles. The molecule has 0 aromatic heterocycles. The Kier molecular flexibility index (Phi) is 11.1. The summed E-state index contributed by atoms with van der Waals surface area (Å²) in [5.41, 5.74) is 1.93. The summed E-state index contributed by atoms with van der Waals surface area (Å²) < 4.78 is 46.3. The Morgan fingerprint density at radius 3 is 2.72 bits per heavy atom. The van der Waals surface area contributed by atoms with Gasteiger partial charge in [0.2, 0.25) is 15.9 Å². The number of aliphatic hydroxyl groups excluding tert-OH is 1. The first-order chi connectivity index (χ1) is 22.1. The summed E-state index contributed by atoms with van der Waals surface area (Å²) in [7, 11) is -4.13. The number of aliphatic imine (C=N–C) groups is 1. The maximum Gasteiger partial charge on any atom is 0.407 e. The van der Waals surface area contributed by atoms with Gasteiger partial charge < -0.3 is 30.0 Å². The van der Waals surface area contributed by atoms with Crippen molar-refractivity contribution in [3.8, 4) is 0 Å². The molecule has 3 heterocycles. The maximum atomic E-state index is 14.1. The predicted octanol–water partition coefficient (Wildman–Crippen LogP) is 3.31. The Balaban J connectivity index is 1.36. The Labute approximate surface area is 270 Å². The molecule has 46 heavy (non-hydrogen) atoms. The molecule has 13 heteroatoms. The van der Waals surface area contributed by atoms with Crippen LogP contribution in [0.1, 0.15) is 50.7 Å². The van der Waals surface area contributed by atoms with Gasteiger partial charge in [-0.15, -0.1) is 0 Å². The number of carbonyl (C=O) groups is 2. The lowest BCUT2D eigenvalue weighted by molar-refractivity contribution is -0.115. The van der Waals surface area contributed by atoms with E-state index in [0.717, 1.165) is 18.4 Å². The number of nitrogens with one attached hydrogen (secondary N) is 2. The Bertz CT molecular complexity index is 1500. The highest BCUT2D eigenvalue weighted by Crippen LogP contribution is 2.35. The van der Waals surface area contributed by atoms with Crippen LogP contribution in [0.5, 0.6) is 0 Å². The van der Waals surface area contributed by atoms with Crippen molar-refractivity contribution in [1.82, 2.24) is 9.62 Å². The van der Waals surface area contributed by atoms with Crippen LogP contribution < -0.4 is 10.6 Å². The first kappa shape index (κ1) is 34.0. The van der Waals surface area contributed by atoms with Crippen molar-refractivity contribution in [1.29, 1.82) is 0 Å². The number of hydrogen-bond acceptors (Lipinski definition) is 9. The summed E-state index contributed by atoms with van der Waals surface area (Å²) in [6, 6.07) is 13.0. The minimum atomic E-state index is -4.13. The van der Waals surface area contributed by atoms with Crippen molar-refractivity contribution in [3.05, 3.63) is 59.7 Å². The normalized spacial score (nSPS) is 23.8. The number of hydrogen-bond donors (Lipinski definition) is 3. The summed E-state index contributed by atoms with van der Waals surface area (Å²) >= 11 is 0. The van der Waals surface area contributed by atoms with Crippen molar-refractivity contribution in [2.24, 2.45) is 16.8 Å². The van der Waals surface area contributed by atoms with Gasteiger partial charge in [-0.1, -0.05) is 51.1 Å². The van der Waals surface area contributed by atoms with Gasteiger partial charge in [0.25, 0.3) is 0 Å². The van der Waals surface area contributed by atoms with Gasteiger partial charge in [-0.05, 0) is 54.5 Å². The van der Waals surface area contributed by atoms with Gasteiger partial charge in [-0.25, -0.2) is 13.2 Å². The molecule has 3 N–H and O–H groups in total. The van der Waals surface area contributed by atoms with Gasteiger partial charge in [0.1, 0.15) is 12.0 Å². The second-order valence-corrected chi connectivity index (χ2v) is 14.4. The lowest BCUT2D eigenvalue weighted by Gasteiger charge is -2.31. The van der Waals surface area contributed by atoms with Crippen LogP contribution in [0.2, 0.25) is 0 Å². The number of alkyl carbamates (subject to hydrolysis) is 1. The fraction of sp³-hybridized carbons (Fsp3) is 0.545. The van der Waals surface area contributed by atoms with Crippen LogP contribution in [0.15, 0.2) is 58.4 Å². The summed E-state index contributed by atoms with van der Waals surface area (Å²) in [5, 5.41) is 17.2. The first-order valence-electron chi connectivity index (χ1n) is 15.9. The number of ether oxygens (including phenoxy) is 3. The quantitative estimate of drug-likeness (QED) is 0.262. The van der Waals surface area contributed by atoms with Crippen LogP contribution in [0, 0.1) is 11.8 Å². The lowest BCUT2D eigenvalue weighted by Crippen LogP contribution is -2.51. The number of carbonyl (C=O) groups excluding carboxylic acids is 2. The molecule has 5 rings (SSSR count). The zero-order valence-corrected chi connectivity index (χ0v) is 27.3. The molecule has 2 saturated heterocycles. The molecule has 0 bridgehead atoms. The minimum Gasteiger partial charge on any atom is -0.443 e. The molecule has 2 aromatic rings. The van der Waals surface area contributed by atoms with Crippen LogP contribution in [0.3, 0.4) is 0 Å².